The molecule has 0 aromatic rings. The van der Waals surface area contributed by atoms with Crippen LogP contribution < -0.4 is 10.6 Å². The molecule has 4 amide bonds. The van der Waals surface area contributed by atoms with Crippen molar-refractivity contribution in [1.82, 2.24) is 15.5 Å². The molecule has 2 N–H and O–H groups in total. The number of carbonyl (C=O) groups excluding carboxylic acids is 4. The predicted octanol–water partition coefficient (Wildman–Crippen LogP) is 0.943. The maximum atomic E-state index is 12.8. The van der Waals surface area contributed by atoms with Crippen LogP contribution in [0.3, 0.4) is 0 Å². The molecule has 2 fully saturated rings. The van der Waals surface area contributed by atoms with Crippen molar-refractivity contribution in [2.24, 2.45) is 5.92 Å². The molecule has 2 rings (SSSR count). The maximum absolute atomic E-state index is 12.8. The number of imide groups is 1. The highest BCUT2D eigenvalue weighted by atomic mass is 16.5. The van der Waals surface area contributed by atoms with E-state index in [0.717, 1.165) is 24.2 Å². The zero-order valence-electron chi connectivity index (χ0n) is 15.3. The Morgan fingerprint density at radius 3 is 2.60 bits per heavy atom. The van der Waals surface area contributed by atoms with E-state index in [1.165, 1.54) is 6.92 Å². The van der Waals surface area contributed by atoms with Gasteiger partial charge in [-0.05, 0) is 39.5 Å². The van der Waals surface area contributed by atoms with E-state index in [1.54, 1.807) is 13.8 Å². The van der Waals surface area contributed by atoms with Gasteiger partial charge in [0, 0.05) is 6.04 Å². The average Bonchev–Trinajstić information content (AvgIpc) is 2.75. The number of ether oxygens (including phenoxy) is 1. The maximum Gasteiger partial charge on any atom is 0.327 e. The Morgan fingerprint density at radius 1 is 1.32 bits per heavy atom. The highest BCUT2D eigenvalue weighted by Crippen LogP contribution is 2.38. The summed E-state index contributed by atoms with van der Waals surface area (Å²) in [5.41, 5.74) is -0.907. The lowest BCUT2D eigenvalue weighted by molar-refractivity contribution is -0.157. The smallest absolute Gasteiger partial charge is 0.327 e. The monoisotopic (exact) mass is 353 g/mol. The van der Waals surface area contributed by atoms with Crippen molar-refractivity contribution in [3.05, 3.63) is 0 Å². The van der Waals surface area contributed by atoms with Crippen molar-refractivity contribution in [3.63, 3.8) is 0 Å². The number of nitrogens with one attached hydrogen (secondary N) is 2. The van der Waals surface area contributed by atoms with E-state index in [2.05, 4.69) is 10.6 Å². The van der Waals surface area contributed by atoms with Crippen LogP contribution in [0.15, 0.2) is 0 Å². The third kappa shape index (κ3) is 3.93. The number of rotatable bonds is 5. The van der Waals surface area contributed by atoms with Gasteiger partial charge in [-0.3, -0.25) is 19.3 Å². The summed E-state index contributed by atoms with van der Waals surface area (Å²) in [6.07, 6.45) is 2.34. The molecule has 1 heterocycles. The molecule has 1 aliphatic heterocycles. The van der Waals surface area contributed by atoms with Crippen LogP contribution in [0.2, 0.25) is 0 Å². The highest BCUT2D eigenvalue weighted by molar-refractivity contribution is 6.09. The van der Waals surface area contributed by atoms with Crippen LogP contribution in [0.1, 0.15) is 53.4 Å². The molecule has 25 heavy (non-hydrogen) atoms. The molecule has 140 valence electrons. The third-order valence-corrected chi connectivity index (χ3v) is 4.90. The Labute approximate surface area is 147 Å². The number of urea groups is 1. The number of amides is 4. The second-order valence-corrected chi connectivity index (χ2v) is 7.24. The topological polar surface area (TPSA) is 105 Å². The van der Waals surface area contributed by atoms with Crippen LogP contribution in [0.4, 0.5) is 4.79 Å². The third-order valence-electron chi connectivity index (χ3n) is 4.90. The summed E-state index contributed by atoms with van der Waals surface area (Å²) in [5.74, 6) is -1.55. The van der Waals surface area contributed by atoms with Crippen LogP contribution in [-0.4, -0.2) is 52.9 Å². The molecular formula is C17H27N3O5. The van der Waals surface area contributed by atoms with Crippen molar-refractivity contribution in [3.8, 4) is 0 Å². The van der Waals surface area contributed by atoms with Gasteiger partial charge in [-0.25, -0.2) is 4.79 Å². The van der Waals surface area contributed by atoms with Gasteiger partial charge in [0.1, 0.15) is 12.1 Å². The largest absolute Gasteiger partial charge is 0.451 e. The van der Waals surface area contributed by atoms with Crippen molar-refractivity contribution in [1.29, 1.82) is 0 Å². The van der Waals surface area contributed by atoms with Gasteiger partial charge in [0.15, 0.2) is 6.10 Å². The van der Waals surface area contributed by atoms with Gasteiger partial charge in [-0.1, -0.05) is 19.8 Å². The second-order valence-electron chi connectivity index (χ2n) is 7.24. The first-order valence-corrected chi connectivity index (χ1v) is 8.81. The summed E-state index contributed by atoms with van der Waals surface area (Å²) < 4.78 is 5.05. The molecule has 1 aliphatic carbocycles. The quantitative estimate of drug-likeness (QED) is 0.565. The summed E-state index contributed by atoms with van der Waals surface area (Å²) in [6, 6.07) is -0.651. The molecule has 0 aromatic carbocycles. The van der Waals surface area contributed by atoms with Crippen molar-refractivity contribution in [2.45, 2.75) is 71.1 Å². The van der Waals surface area contributed by atoms with Crippen molar-refractivity contribution < 1.29 is 23.9 Å². The van der Waals surface area contributed by atoms with Crippen LogP contribution in [0.5, 0.6) is 0 Å². The van der Waals surface area contributed by atoms with E-state index in [0.29, 0.717) is 6.42 Å². The zero-order chi connectivity index (χ0) is 18.8. The minimum atomic E-state index is -0.988. The summed E-state index contributed by atoms with van der Waals surface area (Å²) in [4.78, 5) is 49.7. The highest BCUT2D eigenvalue weighted by Gasteiger charge is 2.55. The van der Waals surface area contributed by atoms with Crippen LogP contribution in [0.25, 0.3) is 0 Å². The first kappa shape index (κ1) is 19.2. The van der Waals surface area contributed by atoms with Gasteiger partial charge in [0.25, 0.3) is 11.8 Å². The lowest BCUT2D eigenvalue weighted by Crippen LogP contribution is -2.54. The molecule has 0 aromatic heterocycles. The van der Waals surface area contributed by atoms with E-state index in [9.17, 15) is 19.2 Å². The molecule has 3 unspecified atom stereocenters. The fourth-order valence-electron chi connectivity index (χ4n) is 3.46. The Bertz CT molecular complexity index is 577. The van der Waals surface area contributed by atoms with Gasteiger partial charge >= 0.3 is 12.0 Å². The number of esters is 1. The molecular weight excluding hydrogens is 326 g/mol. The molecule has 3 atom stereocenters. The predicted molar refractivity (Wildman–Crippen MR) is 89.4 cm³/mol. The van der Waals surface area contributed by atoms with E-state index >= 15 is 0 Å². The lowest BCUT2D eigenvalue weighted by atomic mass is 9.73. The van der Waals surface area contributed by atoms with E-state index in [-0.39, 0.29) is 17.9 Å². The first-order chi connectivity index (χ1) is 11.7. The van der Waals surface area contributed by atoms with Gasteiger partial charge in [-0.15, -0.1) is 0 Å². The summed E-state index contributed by atoms with van der Waals surface area (Å²) in [5, 5.41) is 5.41. The van der Waals surface area contributed by atoms with Crippen LogP contribution in [-0.2, 0) is 19.1 Å². The van der Waals surface area contributed by atoms with Crippen molar-refractivity contribution >= 4 is 23.8 Å². The molecule has 1 saturated carbocycles. The summed E-state index contributed by atoms with van der Waals surface area (Å²) in [6.45, 7) is 6.50. The molecule has 1 spiro atoms. The number of carbonyl (C=O) groups is 4. The molecule has 8 nitrogen and oxygen atoms in total. The standard InChI is InChI=1S/C17H27N3O5/c1-10(2)18-14(22)12(4)25-13(21)9-20-15(23)17(19-16(20)24)8-6-5-7-11(17)3/h10-12H,5-9H2,1-4H3,(H,18,22)(H,19,24). The Balaban J connectivity index is 1.98. The molecule has 8 heteroatoms. The Morgan fingerprint density at radius 2 is 2.00 bits per heavy atom. The lowest BCUT2D eigenvalue weighted by Gasteiger charge is -2.36. The number of nitrogens with zero attached hydrogens (tertiary/aromatic N) is 1. The van der Waals surface area contributed by atoms with Gasteiger partial charge < -0.3 is 15.4 Å². The van der Waals surface area contributed by atoms with E-state index in [1.807, 2.05) is 6.92 Å². The van der Waals surface area contributed by atoms with Crippen LogP contribution >= 0.6 is 0 Å². The first-order valence-electron chi connectivity index (χ1n) is 8.81. The van der Waals surface area contributed by atoms with Gasteiger partial charge in [0.2, 0.25) is 0 Å². The Hall–Kier alpha value is -2.12. The average molecular weight is 353 g/mol. The fourth-order valence-corrected chi connectivity index (χ4v) is 3.46. The molecule has 1 saturated heterocycles. The van der Waals surface area contributed by atoms with Gasteiger partial charge in [-0.2, -0.15) is 0 Å². The van der Waals surface area contributed by atoms with Crippen molar-refractivity contribution in [2.75, 3.05) is 6.54 Å². The fraction of sp³-hybridized carbons (Fsp3) is 0.765. The van der Waals surface area contributed by atoms with E-state index < -0.39 is 36.1 Å². The second kappa shape index (κ2) is 7.41. The minimum Gasteiger partial charge on any atom is -0.451 e. The number of hydrogen-bond acceptors (Lipinski definition) is 5. The number of hydrogen-bond donors (Lipinski definition) is 2. The van der Waals surface area contributed by atoms with E-state index in [4.69, 9.17) is 4.74 Å². The molecule has 0 bridgehead atoms. The SMILES string of the molecule is CC(C)NC(=O)C(C)OC(=O)CN1C(=O)NC2(CCCCC2C)C1=O. The van der Waals surface area contributed by atoms with Gasteiger partial charge in [0.05, 0.1) is 0 Å². The van der Waals surface area contributed by atoms with Crippen LogP contribution in [0, 0.1) is 5.92 Å². The molecule has 2 aliphatic rings. The minimum absolute atomic E-state index is 0.0227. The summed E-state index contributed by atoms with van der Waals surface area (Å²) >= 11 is 0. The Kier molecular flexibility index (Phi) is 5.69. The molecule has 0 radical (unpaired) electrons. The normalized spacial score (nSPS) is 27.4. The summed E-state index contributed by atoms with van der Waals surface area (Å²) in [7, 11) is 0. The zero-order valence-corrected chi connectivity index (χ0v) is 15.3.